The molecule has 1 amide bonds. The van der Waals surface area contributed by atoms with Crippen LogP contribution in [-0.2, 0) is 11.3 Å². The van der Waals surface area contributed by atoms with Gasteiger partial charge in [-0.2, -0.15) is 0 Å². The van der Waals surface area contributed by atoms with Gasteiger partial charge in [-0.15, -0.1) is 5.10 Å². The van der Waals surface area contributed by atoms with Crippen molar-refractivity contribution in [3.8, 4) is 0 Å². The van der Waals surface area contributed by atoms with Gasteiger partial charge in [0.25, 0.3) is 5.91 Å². The first-order valence-electron chi connectivity index (χ1n) is 9.01. The number of rotatable bonds is 1. The molecule has 5 rings (SSSR count). The Bertz CT molecular complexity index is 1000. The van der Waals surface area contributed by atoms with Gasteiger partial charge in [-0.05, 0) is 31.9 Å². The van der Waals surface area contributed by atoms with Gasteiger partial charge in [0.05, 0.1) is 41.7 Å². The van der Waals surface area contributed by atoms with Crippen LogP contribution < -0.4 is 0 Å². The molecule has 3 aromatic rings. The lowest BCUT2D eigenvalue weighted by Gasteiger charge is -2.41. The highest BCUT2D eigenvalue weighted by molar-refractivity contribution is 6.06. The van der Waals surface area contributed by atoms with Crippen molar-refractivity contribution in [3.05, 3.63) is 46.9 Å². The molecule has 0 radical (unpaired) electrons. The summed E-state index contributed by atoms with van der Waals surface area (Å²) < 4.78 is 7.87. The molecule has 2 aliphatic rings. The standard InChI is InChI=1S/C19H21N5O2/c1-11-12(2)21-18-14(11)4-3-5-15(18)19(25)23-7-6-17-16(9-23)24-13(10-26-17)8-20-22-24/h3-5,8,16-17,21H,6-7,9-10H2,1-2H3/t16-,17+/m1/s1. The summed E-state index contributed by atoms with van der Waals surface area (Å²) in [4.78, 5) is 18.6. The Kier molecular flexibility index (Phi) is 3.40. The largest absolute Gasteiger partial charge is 0.370 e. The third kappa shape index (κ3) is 2.20. The van der Waals surface area contributed by atoms with Crippen LogP contribution in [0.2, 0.25) is 0 Å². The Balaban J connectivity index is 1.48. The summed E-state index contributed by atoms with van der Waals surface area (Å²) in [7, 11) is 0. The number of hydrogen-bond donors (Lipinski definition) is 1. The molecule has 0 aliphatic carbocycles. The van der Waals surface area contributed by atoms with Crippen LogP contribution in [0.4, 0.5) is 0 Å². The Morgan fingerprint density at radius 2 is 2.23 bits per heavy atom. The van der Waals surface area contributed by atoms with Gasteiger partial charge >= 0.3 is 0 Å². The average molecular weight is 351 g/mol. The summed E-state index contributed by atoms with van der Waals surface area (Å²) in [5.41, 5.74) is 4.93. The second kappa shape index (κ2) is 5.67. The summed E-state index contributed by atoms with van der Waals surface area (Å²) >= 11 is 0. The number of aromatic nitrogens is 4. The van der Waals surface area contributed by atoms with Crippen LogP contribution in [0.3, 0.4) is 0 Å². The number of hydrogen-bond acceptors (Lipinski definition) is 4. The molecular formula is C19H21N5O2. The minimum atomic E-state index is 0.0327. The van der Waals surface area contributed by atoms with Crippen molar-refractivity contribution in [3.63, 3.8) is 0 Å². The maximum Gasteiger partial charge on any atom is 0.256 e. The van der Waals surface area contributed by atoms with Crippen LogP contribution in [0.25, 0.3) is 10.9 Å². The topological polar surface area (TPSA) is 76.0 Å². The fourth-order valence-corrected chi connectivity index (χ4v) is 4.19. The average Bonchev–Trinajstić information content (AvgIpc) is 3.26. The number of likely N-dealkylation sites (tertiary alicyclic amines) is 1. The predicted octanol–water partition coefficient (Wildman–Crippen LogP) is 2.36. The lowest BCUT2D eigenvalue weighted by Crippen LogP contribution is -2.49. The number of fused-ring (bicyclic) bond motifs is 4. The first-order chi connectivity index (χ1) is 12.6. The second-order valence-corrected chi connectivity index (χ2v) is 7.23. The van der Waals surface area contributed by atoms with Gasteiger partial charge in [0.15, 0.2) is 0 Å². The molecule has 0 saturated carbocycles. The highest BCUT2D eigenvalue weighted by Crippen LogP contribution is 2.32. The minimum Gasteiger partial charge on any atom is -0.370 e. The maximum atomic E-state index is 13.3. The quantitative estimate of drug-likeness (QED) is 0.730. The predicted molar refractivity (Wildman–Crippen MR) is 95.9 cm³/mol. The third-order valence-corrected chi connectivity index (χ3v) is 5.79. The molecular weight excluding hydrogens is 330 g/mol. The number of nitrogens with one attached hydrogen (secondary N) is 1. The SMILES string of the molecule is Cc1[nH]c2c(C(=O)N3CC[C@@H]4OCc5cnnn5[C@@H]4C3)cccc2c1C. The number of piperidine rings is 1. The van der Waals surface area contributed by atoms with Gasteiger partial charge in [-0.1, -0.05) is 17.3 Å². The molecule has 1 N–H and O–H groups in total. The van der Waals surface area contributed by atoms with Crippen LogP contribution >= 0.6 is 0 Å². The highest BCUT2D eigenvalue weighted by Gasteiger charge is 2.38. The molecule has 2 aliphatic heterocycles. The van der Waals surface area contributed by atoms with Crippen molar-refractivity contribution >= 4 is 16.8 Å². The van der Waals surface area contributed by atoms with Crippen molar-refractivity contribution in [2.24, 2.45) is 0 Å². The summed E-state index contributed by atoms with van der Waals surface area (Å²) in [5, 5.41) is 9.33. The van der Waals surface area contributed by atoms with E-state index in [1.807, 2.05) is 28.6 Å². The van der Waals surface area contributed by atoms with Crippen LogP contribution in [0.1, 0.15) is 39.8 Å². The summed E-state index contributed by atoms with van der Waals surface area (Å²) in [6.07, 6.45) is 2.65. The Hall–Kier alpha value is -2.67. The fraction of sp³-hybridized carbons (Fsp3) is 0.421. The van der Waals surface area contributed by atoms with E-state index in [2.05, 4.69) is 28.3 Å². The number of aryl methyl sites for hydroxylation is 2. The van der Waals surface area contributed by atoms with Crippen molar-refractivity contribution < 1.29 is 9.53 Å². The van der Waals surface area contributed by atoms with E-state index in [1.165, 1.54) is 5.56 Å². The number of para-hydroxylation sites is 1. The molecule has 4 heterocycles. The first-order valence-corrected chi connectivity index (χ1v) is 9.01. The number of aromatic amines is 1. The zero-order chi connectivity index (χ0) is 17.8. The van der Waals surface area contributed by atoms with Gasteiger partial charge in [-0.25, -0.2) is 4.68 Å². The number of benzene rings is 1. The lowest BCUT2D eigenvalue weighted by atomic mass is 9.99. The highest BCUT2D eigenvalue weighted by atomic mass is 16.5. The van der Waals surface area contributed by atoms with E-state index in [4.69, 9.17) is 4.74 Å². The number of ether oxygens (including phenoxy) is 1. The molecule has 0 spiro atoms. The zero-order valence-electron chi connectivity index (χ0n) is 14.9. The second-order valence-electron chi connectivity index (χ2n) is 7.23. The van der Waals surface area contributed by atoms with Crippen molar-refractivity contribution in [1.29, 1.82) is 0 Å². The first kappa shape index (κ1) is 15.6. The smallest absolute Gasteiger partial charge is 0.256 e. The lowest BCUT2D eigenvalue weighted by molar-refractivity contribution is -0.0604. The minimum absolute atomic E-state index is 0.0327. The monoisotopic (exact) mass is 351 g/mol. The Morgan fingerprint density at radius 1 is 1.35 bits per heavy atom. The van der Waals surface area contributed by atoms with Gasteiger partial charge in [0, 0.05) is 24.2 Å². The number of carbonyl (C=O) groups is 1. The van der Waals surface area contributed by atoms with Crippen LogP contribution in [-0.4, -0.2) is 50.0 Å². The van der Waals surface area contributed by atoms with Crippen LogP contribution in [0, 0.1) is 13.8 Å². The molecule has 7 nitrogen and oxygen atoms in total. The van der Waals surface area contributed by atoms with E-state index in [9.17, 15) is 4.79 Å². The van der Waals surface area contributed by atoms with E-state index in [0.717, 1.165) is 34.3 Å². The van der Waals surface area contributed by atoms with Crippen molar-refractivity contribution in [1.82, 2.24) is 24.9 Å². The molecule has 26 heavy (non-hydrogen) atoms. The van der Waals surface area contributed by atoms with Gasteiger partial charge in [0.1, 0.15) is 0 Å². The maximum absolute atomic E-state index is 13.3. The van der Waals surface area contributed by atoms with E-state index in [0.29, 0.717) is 19.7 Å². The zero-order valence-corrected chi connectivity index (χ0v) is 14.9. The molecule has 2 aromatic heterocycles. The molecule has 1 saturated heterocycles. The number of H-pyrrole nitrogens is 1. The van der Waals surface area contributed by atoms with E-state index >= 15 is 0 Å². The molecule has 2 atom stereocenters. The number of nitrogens with zero attached hydrogens (tertiary/aromatic N) is 4. The fourth-order valence-electron chi connectivity index (χ4n) is 4.19. The van der Waals surface area contributed by atoms with E-state index in [-0.39, 0.29) is 18.1 Å². The molecule has 0 unspecified atom stereocenters. The third-order valence-electron chi connectivity index (χ3n) is 5.79. The van der Waals surface area contributed by atoms with Crippen LogP contribution in [0.5, 0.6) is 0 Å². The molecule has 0 bridgehead atoms. The molecule has 134 valence electrons. The molecule has 1 aromatic carbocycles. The summed E-state index contributed by atoms with van der Waals surface area (Å²) in [5.74, 6) is 0.0579. The Labute approximate surface area is 150 Å². The number of carbonyl (C=O) groups excluding carboxylic acids is 1. The Morgan fingerprint density at radius 3 is 3.12 bits per heavy atom. The van der Waals surface area contributed by atoms with Crippen molar-refractivity contribution in [2.45, 2.75) is 39.0 Å². The number of amides is 1. The van der Waals surface area contributed by atoms with E-state index in [1.54, 1.807) is 6.20 Å². The van der Waals surface area contributed by atoms with Gasteiger partial charge in [-0.3, -0.25) is 4.79 Å². The van der Waals surface area contributed by atoms with E-state index < -0.39 is 0 Å². The molecule has 7 heteroatoms. The van der Waals surface area contributed by atoms with Gasteiger partial charge < -0.3 is 14.6 Å². The van der Waals surface area contributed by atoms with Crippen molar-refractivity contribution in [2.75, 3.05) is 13.1 Å². The normalized spacial score (nSPS) is 22.3. The summed E-state index contributed by atoms with van der Waals surface area (Å²) in [6.45, 7) is 5.96. The van der Waals surface area contributed by atoms with Crippen LogP contribution in [0.15, 0.2) is 24.4 Å². The molecule has 1 fully saturated rings. The van der Waals surface area contributed by atoms with Gasteiger partial charge in [0.2, 0.25) is 0 Å². The summed E-state index contributed by atoms with van der Waals surface area (Å²) in [6, 6.07) is 5.96.